The maximum Gasteiger partial charge on any atom is 0.303 e. The van der Waals surface area contributed by atoms with E-state index in [0.29, 0.717) is 6.42 Å². The monoisotopic (exact) mass is 254 g/mol. The Kier molecular flexibility index (Phi) is 5.45. The Morgan fingerprint density at radius 2 is 2.06 bits per heavy atom. The predicted octanol–water partition coefficient (Wildman–Crippen LogP) is 1.71. The van der Waals surface area contributed by atoms with Gasteiger partial charge >= 0.3 is 5.97 Å². The Morgan fingerprint density at radius 3 is 2.78 bits per heavy atom. The van der Waals surface area contributed by atoms with Gasteiger partial charge in [-0.25, -0.2) is 0 Å². The summed E-state index contributed by atoms with van der Waals surface area (Å²) in [5.41, 5.74) is 0. The van der Waals surface area contributed by atoms with Crippen LogP contribution in [0.2, 0.25) is 0 Å². The zero-order chi connectivity index (χ0) is 12.8. The van der Waals surface area contributed by atoms with Crippen LogP contribution in [0.4, 0.5) is 0 Å². The average molecular weight is 254 g/mol. The highest BCUT2D eigenvalue weighted by molar-refractivity contribution is 5.66. The molecule has 1 saturated carbocycles. The van der Waals surface area contributed by atoms with E-state index in [4.69, 9.17) is 5.11 Å². The van der Waals surface area contributed by atoms with Gasteiger partial charge in [-0.3, -0.25) is 4.79 Å². The molecule has 2 rings (SSSR count). The fraction of sp³-hybridized carbons (Fsp3) is 0.929. The van der Waals surface area contributed by atoms with Crippen LogP contribution < -0.4 is 5.32 Å². The summed E-state index contributed by atoms with van der Waals surface area (Å²) in [7, 11) is 0. The molecule has 1 unspecified atom stereocenters. The highest BCUT2D eigenvalue weighted by Crippen LogP contribution is 2.31. The molecule has 2 fully saturated rings. The number of carboxylic acids is 1. The van der Waals surface area contributed by atoms with E-state index in [1.807, 2.05) is 0 Å². The molecule has 1 atom stereocenters. The summed E-state index contributed by atoms with van der Waals surface area (Å²) in [6.07, 6.45) is 7.45. The van der Waals surface area contributed by atoms with Gasteiger partial charge in [-0.2, -0.15) is 0 Å². The smallest absolute Gasteiger partial charge is 0.303 e. The lowest BCUT2D eigenvalue weighted by Crippen LogP contribution is -2.28. The lowest BCUT2D eigenvalue weighted by molar-refractivity contribution is -0.137. The first-order chi connectivity index (χ1) is 8.75. The van der Waals surface area contributed by atoms with Gasteiger partial charge in [0.05, 0.1) is 0 Å². The molecule has 1 saturated heterocycles. The number of hydrogen-bond acceptors (Lipinski definition) is 3. The van der Waals surface area contributed by atoms with E-state index in [1.165, 1.54) is 32.4 Å². The molecule has 0 radical (unpaired) electrons. The van der Waals surface area contributed by atoms with Crippen LogP contribution >= 0.6 is 0 Å². The summed E-state index contributed by atoms with van der Waals surface area (Å²) in [6.45, 7) is 4.77. The van der Waals surface area contributed by atoms with E-state index >= 15 is 0 Å². The van der Waals surface area contributed by atoms with E-state index < -0.39 is 5.97 Å². The van der Waals surface area contributed by atoms with Gasteiger partial charge in [-0.1, -0.05) is 6.42 Å². The molecule has 18 heavy (non-hydrogen) atoms. The van der Waals surface area contributed by atoms with Crippen LogP contribution in [0.3, 0.4) is 0 Å². The fourth-order valence-corrected chi connectivity index (χ4v) is 2.81. The lowest BCUT2D eigenvalue weighted by atomic mass is 10.1. The predicted molar refractivity (Wildman–Crippen MR) is 71.7 cm³/mol. The van der Waals surface area contributed by atoms with Gasteiger partial charge in [0.15, 0.2) is 0 Å². The number of nitrogens with one attached hydrogen (secondary N) is 1. The first-order valence-electron chi connectivity index (χ1n) is 7.42. The number of likely N-dealkylation sites (tertiary alicyclic amines) is 1. The van der Waals surface area contributed by atoms with Crippen molar-refractivity contribution in [2.24, 2.45) is 5.92 Å². The van der Waals surface area contributed by atoms with Crippen molar-refractivity contribution in [2.75, 3.05) is 26.2 Å². The fourth-order valence-electron chi connectivity index (χ4n) is 2.81. The van der Waals surface area contributed by atoms with Gasteiger partial charge in [-0.05, 0) is 57.7 Å². The molecule has 2 N–H and O–H groups in total. The van der Waals surface area contributed by atoms with Crippen molar-refractivity contribution in [3.8, 4) is 0 Å². The molecule has 104 valence electrons. The van der Waals surface area contributed by atoms with Crippen molar-refractivity contribution < 1.29 is 9.90 Å². The van der Waals surface area contributed by atoms with Crippen LogP contribution in [0.25, 0.3) is 0 Å². The van der Waals surface area contributed by atoms with Crippen molar-refractivity contribution in [1.29, 1.82) is 0 Å². The van der Waals surface area contributed by atoms with E-state index in [-0.39, 0.29) is 0 Å². The minimum atomic E-state index is -0.672. The van der Waals surface area contributed by atoms with Crippen LogP contribution in [0.1, 0.15) is 44.9 Å². The Bertz CT molecular complexity index is 267. The first-order valence-corrected chi connectivity index (χ1v) is 7.42. The third kappa shape index (κ3) is 4.94. The summed E-state index contributed by atoms with van der Waals surface area (Å²) < 4.78 is 0. The highest BCUT2D eigenvalue weighted by atomic mass is 16.4. The number of carbonyl (C=O) groups is 1. The minimum absolute atomic E-state index is 0.318. The normalized spacial score (nSPS) is 24.6. The van der Waals surface area contributed by atoms with Crippen LogP contribution in [0.15, 0.2) is 0 Å². The van der Waals surface area contributed by atoms with Crippen molar-refractivity contribution in [2.45, 2.75) is 51.0 Å². The number of hydrogen-bond donors (Lipinski definition) is 2. The van der Waals surface area contributed by atoms with E-state index in [9.17, 15) is 4.79 Å². The summed E-state index contributed by atoms with van der Waals surface area (Å²) in [4.78, 5) is 13.0. The minimum Gasteiger partial charge on any atom is -0.481 e. The highest BCUT2D eigenvalue weighted by Gasteiger charge is 2.33. The van der Waals surface area contributed by atoms with Gasteiger partial charge in [0.1, 0.15) is 0 Å². The van der Waals surface area contributed by atoms with Crippen molar-refractivity contribution in [3.63, 3.8) is 0 Å². The standard InChI is InChI=1S/C14H26N2O2/c17-14(18)4-2-1-3-8-15-10-12-7-9-16(11-12)13-5-6-13/h12-13,15H,1-11H2,(H,17,18). The number of carboxylic acid groups (broad SMARTS) is 1. The number of rotatable bonds is 9. The van der Waals surface area contributed by atoms with E-state index in [0.717, 1.165) is 44.3 Å². The zero-order valence-electron chi connectivity index (χ0n) is 11.2. The molecule has 4 nitrogen and oxygen atoms in total. The van der Waals surface area contributed by atoms with Gasteiger partial charge in [-0.15, -0.1) is 0 Å². The van der Waals surface area contributed by atoms with Crippen LogP contribution in [-0.2, 0) is 4.79 Å². The third-order valence-corrected chi connectivity index (χ3v) is 4.06. The molecular formula is C14H26N2O2. The molecular weight excluding hydrogens is 228 g/mol. The van der Waals surface area contributed by atoms with Crippen molar-refractivity contribution in [1.82, 2.24) is 10.2 Å². The quantitative estimate of drug-likeness (QED) is 0.615. The summed E-state index contributed by atoms with van der Waals surface area (Å²) in [5, 5.41) is 12.0. The molecule has 2 aliphatic rings. The van der Waals surface area contributed by atoms with Crippen LogP contribution in [0, 0.1) is 5.92 Å². The zero-order valence-corrected chi connectivity index (χ0v) is 11.2. The van der Waals surface area contributed by atoms with Gasteiger partial charge in [0, 0.05) is 19.0 Å². The van der Waals surface area contributed by atoms with Crippen molar-refractivity contribution in [3.05, 3.63) is 0 Å². The Labute approximate surface area is 110 Å². The van der Waals surface area contributed by atoms with Crippen LogP contribution in [0.5, 0.6) is 0 Å². The molecule has 0 aromatic heterocycles. The largest absolute Gasteiger partial charge is 0.481 e. The molecule has 1 aliphatic heterocycles. The van der Waals surface area contributed by atoms with Gasteiger partial charge < -0.3 is 15.3 Å². The lowest BCUT2D eigenvalue weighted by Gasteiger charge is -2.15. The average Bonchev–Trinajstić information content (AvgIpc) is 3.08. The maximum absolute atomic E-state index is 10.3. The van der Waals surface area contributed by atoms with E-state index in [1.54, 1.807) is 0 Å². The Morgan fingerprint density at radius 1 is 1.22 bits per heavy atom. The molecule has 1 aliphatic carbocycles. The van der Waals surface area contributed by atoms with Gasteiger partial charge in [0.25, 0.3) is 0 Å². The summed E-state index contributed by atoms with van der Waals surface area (Å²) in [5.74, 6) is 0.165. The maximum atomic E-state index is 10.3. The summed E-state index contributed by atoms with van der Waals surface area (Å²) in [6, 6.07) is 0.922. The second kappa shape index (κ2) is 7.10. The second-order valence-electron chi connectivity index (χ2n) is 5.79. The van der Waals surface area contributed by atoms with E-state index in [2.05, 4.69) is 10.2 Å². The number of unbranched alkanes of at least 4 members (excludes halogenated alkanes) is 2. The van der Waals surface area contributed by atoms with Crippen LogP contribution in [-0.4, -0.2) is 48.2 Å². The Balaban J connectivity index is 1.40. The first kappa shape index (κ1) is 13.8. The number of aliphatic carboxylic acids is 1. The van der Waals surface area contributed by atoms with Gasteiger partial charge in [0.2, 0.25) is 0 Å². The molecule has 0 spiro atoms. The SMILES string of the molecule is O=C(O)CCCCCNCC1CCN(C2CC2)C1. The summed E-state index contributed by atoms with van der Waals surface area (Å²) >= 11 is 0. The third-order valence-electron chi connectivity index (χ3n) is 4.06. The molecule has 4 heteroatoms. The molecule has 0 aromatic rings. The molecule has 0 aromatic carbocycles. The Hall–Kier alpha value is -0.610. The number of nitrogens with zero attached hydrogens (tertiary/aromatic N) is 1. The second-order valence-corrected chi connectivity index (χ2v) is 5.79. The van der Waals surface area contributed by atoms with Crippen molar-refractivity contribution >= 4 is 5.97 Å². The molecule has 0 amide bonds. The molecule has 0 bridgehead atoms. The molecule has 1 heterocycles. The topological polar surface area (TPSA) is 52.6 Å².